The van der Waals surface area contributed by atoms with Gasteiger partial charge in [0.05, 0.1) is 5.69 Å². The van der Waals surface area contributed by atoms with Crippen LogP contribution >= 0.6 is 23.8 Å². The van der Waals surface area contributed by atoms with Gasteiger partial charge in [-0.15, -0.1) is 0 Å². The van der Waals surface area contributed by atoms with Gasteiger partial charge in [0, 0.05) is 16.6 Å². The Morgan fingerprint density at radius 2 is 1.91 bits per heavy atom. The van der Waals surface area contributed by atoms with Crippen LogP contribution in [0.4, 0.5) is 5.69 Å². The third-order valence-corrected chi connectivity index (χ3v) is 3.49. The molecule has 122 valence electrons. The third kappa shape index (κ3) is 4.43. The number of hydrogen-bond acceptors (Lipinski definition) is 4. The number of carbonyl (C=O) groups excluding carboxylic acids is 1. The van der Waals surface area contributed by atoms with Crippen molar-refractivity contribution in [3.8, 4) is 0 Å². The van der Waals surface area contributed by atoms with Crippen LogP contribution in [0.5, 0.6) is 0 Å². The molecule has 0 atom stereocenters. The number of halogens is 1. The number of rotatable bonds is 3. The van der Waals surface area contributed by atoms with Crippen LogP contribution in [0, 0.1) is 6.92 Å². The number of hydrogen-bond donors (Lipinski definition) is 3. The van der Waals surface area contributed by atoms with Gasteiger partial charge in [-0.3, -0.25) is 15.6 Å². The van der Waals surface area contributed by atoms with Crippen molar-refractivity contribution in [1.29, 1.82) is 0 Å². The number of amides is 1. The molecule has 6 nitrogen and oxygen atoms in total. The summed E-state index contributed by atoms with van der Waals surface area (Å²) in [5.41, 5.74) is 6.88. The maximum atomic E-state index is 12.3. The fourth-order valence-corrected chi connectivity index (χ4v) is 2.22. The highest BCUT2D eigenvalue weighted by Crippen LogP contribution is 2.21. The lowest BCUT2D eigenvalue weighted by Gasteiger charge is -2.12. The number of carbonyl (C=O) groups is 1. The first kappa shape index (κ1) is 17.2. The topological polar surface area (TPSA) is 79.2 Å². The first-order valence-corrected chi connectivity index (χ1v) is 7.76. The number of anilines is 1. The van der Waals surface area contributed by atoms with Crippen molar-refractivity contribution in [1.82, 2.24) is 16.0 Å². The molecule has 0 aliphatic rings. The number of aromatic nitrogens is 1. The second-order valence-corrected chi connectivity index (χ2v) is 6.05. The van der Waals surface area contributed by atoms with Gasteiger partial charge in [-0.05, 0) is 43.4 Å². The lowest BCUT2D eigenvalue weighted by atomic mass is 10.1. The van der Waals surface area contributed by atoms with Gasteiger partial charge in [0.2, 0.25) is 0 Å². The molecule has 0 aliphatic heterocycles. The fraction of sp³-hybridized carbons (Fsp3) is 0.267. The molecule has 0 aliphatic carbocycles. The van der Waals surface area contributed by atoms with Gasteiger partial charge < -0.3 is 9.84 Å². The van der Waals surface area contributed by atoms with E-state index in [0.717, 1.165) is 5.69 Å². The zero-order chi connectivity index (χ0) is 17.0. The van der Waals surface area contributed by atoms with E-state index in [9.17, 15) is 4.79 Å². The molecular formula is C15H17ClN4O2S. The molecule has 0 spiro atoms. The molecular weight excluding hydrogens is 336 g/mol. The van der Waals surface area contributed by atoms with Crippen LogP contribution in [-0.4, -0.2) is 16.2 Å². The average molecular weight is 353 g/mol. The molecule has 0 saturated carbocycles. The maximum Gasteiger partial charge on any atom is 0.275 e. The SMILES string of the molecule is Cc1noc(C(C)C)c1C(=O)NNC(=S)Nc1ccc(Cl)cc1. The van der Waals surface area contributed by atoms with E-state index in [1.54, 1.807) is 31.2 Å². The molecule has 23 heavy (non-hydrogen) atoms. The molecule has 3 N–H and O–H groups in total. The predicted molar refractivity (Wildman–Crippen MR) is 93.6 cm³/mol. The van der Waals surface area contributed by atoms with Crippen LogP contribution in [-0.2, 0) is 0 Å². The molecule has 1 aromatic heterocycles. The highest BCUT2D eigenvalue weighted by Gasteiger charge is 2.22. The average Bonchev–Trinajstić information content (AvgIpc) is 2.89. The molecule has 2 aromatic rings. The summed E-state index contributed by atoms with van der Waals surface area (Å²) >= 11 is 10.9. The number of hydrazine groups is 1. The van der Waals surface area contributed by atoms with Crippen LogP contribution in [0.25, 0.3) is 0 Å². The third-order valence-electron chi connectivity index (χ3n) is 3.03. The molecule has 1 heterocycles. The largest absolute Gasteiger partial charge is 0.360 e. The Hall–Kier alpha value is -2.12. The summed E-state index contributed by atoms with van der Waals surface area (Å²) in [6.45, 7) is 5.57. The van der Waals surface area contributed by atoms with E-state index in [2.05, 4.69) is 21.3 Å². The van der Waals surface area contributed by atoms with Gasteiger partial charge in [0.25, 0.3) is 5.91 Å². The molecule has 2 rings (SSSR count). The summed E-state index contributed by atoms with van der Waals surface area (Å²) in [7, 11) is 0. The Morgan fingerprint density at radius 1 is 1.26 bits per heavy atom. The second kappa shape index (κ2) is 7.43. The van der Waals surface area contributed by atoms with Gasteiger partial charge in [-0.2, -0.15) is 0 Å². The van der Waals surface area contributed by atoms with Crippen LogP contribution in [0.2, 0.25) is 5.02 Å². The second-order valence-electron chi connectivity index (χ2n) is 5.20. The maximum absolute atomic E-state index is 12.3. The van der Waals surface area contributed by atoms with Crippen LogP contribution in [0.3, 0.4) is 0 Å². The monoisotopic (exact) mass is 352 g/mol. The van der Waals surface area contributed by atoms with E-state index in [0.29, 0.717) is 22.0 Å². The minimum Gasteiger partial charge on any atom is -0.360 e. The quantitative estimate of drug-likeness (QED) is 0.580. The van der Waals surface area contributed by atoms with Crippen LogP contribution in [0.15, 0.2) is 28.8 Å². The molecule has 0 saturated heterocycles. The standard InChI is InChI=1S/C15H17ClN4O2S/c1-8(2)13-12(9(3)20-22-13)14(21)18-19-15(23)17-11-6-4-10(16)5-7-11/h4-8H,1-3H3,(H,18,21)(H2,17,19,23). The van der Waals surface area contributed by atoms with Crippen LogP contribution in [0.1, 0.15) is 41.6 Å². The Morgan fingerprint density at radius 3 is 2.52 bits per heavy atom. The summed E-state index contributed by atoms with van der Waals surface area (Å²) in [6.07, 6.45) is 0. The van der Waals surface area contributed by atoms with Gasteiger partial charge in [0.1, 0.15) is 5.56 Å². The predicted octanol–water partition coefficient (Wildman–Crippen LogP) is 3.39. The molecule has 8 heteroatoms. The normalized spacial score (nSPS) is 10.5. The van der Waals surface area contributed by atoms with Crippen molar-refractivity contribution in [3.05, 3.63) is 46.3 Å². The van der Waals surface area contributed by atoms with Crippen molar-refractivity contribution in [2.24, 2.45) is 0 Å². The summed E-state index contributed by atoms with van der Waals surface area (Å²) in [4.78, 5) is 12.3. The van der Waals surface area contributed by atoms with E-state index >= 15 is 0 Å². The Labute approximate surface area is 144 Å². The van der Waals surface area contributed by atoms with Crippen molar-refractivity contribution in [2.45, 2.75) is 26.7 Å². The molecule has 0 unspecified atom stereocenters. The Kier molecular flexibility index (Phi) is 5.57. The number of nitrogens with one attached hydrogen (secondary N) is 3. The minimum atomic E-state index is -0.354. The van der Waals surface area contributed by atoms with E-state index in [-0.39, 0.29) is 16.9 Å². The number of benzene rings is 1. The Bertz CT molecular complexity index is 713. The summed E-state index contributed by atoms with van der Waals surface area (Å²) in [6, 6.07) is 7.03. The molecule has 0 fully saturated rings. The van der Waals surface area contributed by atoms with E-state index in [1.165, 1.54) is 0 Å². The van der Waals surface area contributed by atoms with Gasteiger partial charge in [-0.25, -0.2) is 0 Å². The van der Waals surface area contributed by atoms with Crippen molar-refractivity contribution in [3.63, 3.8) is 0 Å². The molecule has 1 amide bonds. The van der Waals surface area contributed by atoms with Crippen molar-refractivity contribution >= 4 is 40.5 Å². The lowest BCUT2D eigenvalue weighted by molar-refractivity contribution is 0.0941. The fourth-order valence-electron chi connectivity index (χ4n) is 1.93. The summed E-state index contributed by atoms with van der Waals surface area (Å²) in [5, 5.41) is 7.65. The number of aryl methyl sites for hydroxylation is 1. The lowest BCUT2D eigenvalue weighted by Crippen LogP contribution is -2.44. The molecule has 0 radical (unpaired) electrons. The molecule has 1 aromatic carbocycles. The molecule has 0 bridgehead atoms. The first-order chi connectivity index (χ1) is 10.9. The smallest absolute Gasteiger partial charge is 0.275 e. The summed E-state index contributed by atoms with van der Waals surface area (Å²) < 4.78 is 5.19. The van der Waals surface area contributed by atoms with E-state index in [4.69, 9.17) is 28.3 Å². The van der Waals surface area contributed by atoms with E-state index in [1.807, 2.05) is 13.8 Å². The van der Waals surface area contributed by atoms with Gasteiger partial charge >= 0.3 is 0 Å². The van der Waals surface area contributed by atoms with Gasteiger partial charge in [0.15, 0.2) is 10.9 Å². The number of nitrogens with zero attached hydrogens (tertiary/aromatic N) is 1. The minimum absolute atomic E-state index is 0.0519. The van der Waals surface area contributed by atoms with Crippen LogP contribution < -0.4 is 16.2 Å². The highest BCUT2D eigenvalue weighted by atomic mass is 35.5. The number of thiocarbonyl (C=S) groups is 1. The first-order valence-electron chi connectivity index (χ1n) is 6.97. The van der Waals surface area contributed by atoms with Crippen molar-refractivity contribution in [2.75, 3.05) is 5.32 Å². The Balaban J connectivity index is 1.95. The van der Waals surface area contributed by atoms with Gasteiger partial charge in [-0.1, -0.05) is 30.6 Å². The zero-order valence-electron chi connectivity index (χ0n) is 12.9. The highest BCUT2D eigenvalue weighted by molar-refractivity contribution is 7.80. The van der Waals surface area contributed by atoms with Crippen molar-refractivity contribution < 1.29 is 9.32 Å². The zero-order valence-corrected chi connectivity index (χ0v) is 14.5. The van der Waals surface area contributed by atoms with E-state index < -0.39 is 0 Å². The summed E-state index contributed by atoms with van der Waals surface area (Å²) in [5.74, 6) is 0.238.